The molecule has 0 aromatic heterocycles. The van der Waals surface area contributed by atoms with Crippen molar-refractivity contribution in [2.45, 2.75) is 31.3 Å². The average molecular weight is 434 g/mol. The molecule has 0 spiro atoms. The fourth-order valence-corrected chi connectivity index (χ4v) is 4.30. The van der Waals surface area contributed by atoms with Crippen molar-refractivity contribution in [3.05, 3.63) is 58.1 Å². The van der Waals surface area contributed by atoms with Crippen molar-refractivity contribution >= 4 is 21.9 Å². The number of ether oxygens (including phenoxy) is 2. The Bertz CT molecular complexity index is 788. The molecule has 2 atom stereocenters. The van der Waals surface area contributed by atoms with Crippen LogP contribution >= 0.6 is 15.9 Å². The molecule has 1 saturated heterocycles. The van der Waals surface area contributed by atoms with Crippen LogP contribution in [-0.4, -0.2) is 42.8 Å². The van der Waals surface area contributed by atoms with Crippen LogP contribution in [0.25, 0.3) is 0 Å². The molecule has 1 fully saturated rings. The number of hydrogen-bond acceptors (Lipinski definition) is 4. The molecular formula is C21H24BrNO4. The van der Waals surface area contributed by atoms with E-state index in [1.807, 2.05) is 42.5 Å². The summed E-state index contributed by atoms with van der Waals surface area (Å²) in [6.45, 7) is 0.704. The number of aliphatic carboxylic acids is 1. The molecule has 0 radical (unpaired) electrons. The van der Waals surface area contributed by atoms with E-state index in [2.05, 4.69) is 20.8 Å². The van der Waals surface area contributed by atoms with Crippen LogP contribution < -0.4 is 9.47 Å². The van der Waals surface area contributed by atoms with Gasteiger partial charge in [-0.1, -0.05) is 40.5 Å². The highest BCUT2D eigenvalue weighted by atomic mass is 79.9. The van der Waals surface area contributed by atoms with Crippen molar-refractivity contribution in [2.24, 2.45) is 0 Å². The van der Waals surface area contributed by atoms with Crippen molar-refractivity contribution in [1.29, 1.82) is 0 Å². The number of carboxylic acid groups (broad SMARTS) is 1. The molecule has 144 valence electrons. The van der Waals surface area contributed by atoms with E-state index in [1.165, 1.54) is 0 Å². The van der Waals surface area contributed by atoms with Crippen molar-refractivity contribution < 1.29 is 19.4 Å². The van der Waals surface area contributed by atoms with Gasteiger partial charge in [0, 0.05) is 4.47 Å². The molecule has 1 N–H and O–H groups in total. The Balaban J connectivity index is 2.21. The molecule has 0 amide bonds. The molecular weight excluding hydrogens is 410 g/mol. The molecule has 2 aromatic rings. The van der Waals surface area contributed by atoms with Crippen LogP contribution in [0.1, 0.15) is 36.4 Å². The van der Waals surface area contributed by atoms with Crippen LogP contribution in [0.3, 0.4) is 0 Å². The Morgan fingerprint density at radius 3 is 2.41 bits per heavy atom. The number of methoxy groups -OCH3 is 2. The minimum absolute atomic E-state index is 0.282. The van der Waals surface area contributed by atoms with Crippen molar-refractivity contribution in [3.8, 4) is 11.5 Å². The van der Waals surface area contributed by atoms with Gasteiger partial charge in [-0.05, 0) is 49.2 Å². The Hall–Kier alpha value is -2.05. The zero-order chi connectivity index (χ0) is 19.4. The molecule has 1 aliphatic rings. The zero-order valence-corrected chi connectivity index (χ0v) is 17.1. The molecule has 0 bridgehead atoms. The van der Waals surface area contributed by atoms with E-state index in [9.17, 15) is 9.90 Å². The van der Waals surface area contributed by atoms with Crippen molar-refractivity contribution in [2.75, 3.05) is 20.8 Å². The topological polar surface area (TPSA) is 59.0 Å². The Labute approximate surface area is 168 Å². The second-order valence-electron chi connectivity index (χ2n) is 6.62. The van der Waals surface area contributed by atoms with Gasteiger partial charge in [0.25, 0.3) is 0 Å². The molecule has 2 unspecified atom stereocenters. The second kappa shape index (κ2) is 8.76. The summed E-state index contributed by atoms with van der Waals surface area (Å²) in [5.74, 6) is 0.589. The van der Waals surface area contributed by atoms with Gasteiger partial charge in [-0.25, -0.2) is 0 Å². The van der Waals surface area contributed by atoms with Gasteiger partial charge >= 0.3 is 5.97 Å². The van der Waals surface area contributed by atoms with E-state index in [4.69, 9.17) is 9.47 Å². The van der Waals surface area contributed by atoms with Gasteiger partial charge in [0.05, 0.1) is 25.8 Å². The lowest BCUT2D eigenvalue weighted by molar-refractivity contribution is -0.145. The minimum Gasteiger partial charge on any atom is -0.496 e. The molecule has 6 heteroatoms. The minimum atomic E-state index is -0.788. The van der Waals surface area contributed by atoms with Crippen LogP contribution in [0.4, 0.5) is 0 Å². The van der Waals surface area contributed by atoms with Crippen LogP contribution in [0, 0.1) is 0 Å². The molecule has 5 nitrogen and oxygen atoms in total. The third kappa shape index (κ3) is 4.12. The van der Waals surface area contributed by atoms with E-state index in [1.54, 1.807) is 14.2 Å². The number of benzene rings is 2. The van der Waals surface area contributed by atoms with E-state index >= 15 is 0 Å². The van der Waals surface area contributed by atoms with Gasteiger partial charge in [0.1, 0.15) is 17.5 Å². The highest BCUT2D eigenvalue weighted by Crippen LogP contribution is 2.43. The molecule has 2 aromatic carbocycles. The first-order chi connectivity index (χ1) is 13.1. The van der Waals surface area contributed by atoms with Crippen LogP contribution in [0.5, 0.6) is 11.5 Å². The first-order valence-corrected chi connectivity index (χ1v) is 9.81. The average Bonchev–Trinajstić information content (AvgIpc) is 2.68. The predicted molar refractivity (Wildman–Crippen MR) is 108 cm³/mol. The van der Waals surface area contributed by atoms with E-state index in [0.717, 1.165) is 28.4 Å². The lowest BCUT2D eigenvalue weighted by Crippen LogP contribution is -2.47. The van der Waals surface area contributed by atoms with Crippen LogP contribution in [-0.2, 0) is 4.79 Å². The second-order valence-corrected chi connectivity index (χ2v) is 7.54. The standard InChI is InChI=1S/C21H24BrNO4/c1-26-17-10-6-11-18(27-2)19(17)20(14-7-5-8-15(22)13-14)23-12-4-3-9-16(23)21(24)25/h5-8,10-11,13,16,20H,3-4,9,12H2,1-2H3,(H,24,25). The highest BCUT2D eigenvalue weighted by Gasteiger charge is 2.37. The summed E-state index contributed by atoms with van der Waals surface area (Å²) in [5, 5.41) is 9.85. The zero-order valence-electron chi connectivity index (χ0n) is 15.5. The first-order valence-electron chi connectivity index (χ1n) is 9.01. The molecule has 0 saturated carbocycles. The van der Waals surface area contributed by atoms with E-state index in [0.29, 0.717) is 24.5 Å². The quantitative estimate of drug-likeness (QED) is 0.726. The summed E-state index contributed by atoms with van der Waals surface area (Å²) in [7, 11) is 3.25. The Morgan fingerprint density at radius 2 is 1.81 bits per heavy atom. The third-order valence-corrected chi connectivity index (χ3v) is 5.56. The van der Waals surface area contributed by atoms with Crippen molar-refractivity contribution in [1.82, 2.24) is 4.90 Å². The fraction of sp³-hybridized carbons (Fsp3) is 0.381. The summed E-state index contributed by atoms with van der Waals surface area (Å²) < 4.78 is 12.2. The molecule has 1 aliphatic heterocycles. The summed E-state index contributed by atoms with van der Waals surface area (Å²) >= 11 is 3.54. The number of hydrogen-bond donors (Lipinski definition) is 1. The van der Waals surface area contributed by atoms with Crippen LogP contribution in [0.15, 0.2) is 46.9 Å². The van der Waals surface area contributed by atoms with E-state index in [-0.39, 0.29) is 6.04 Å². The third-order valence-electron chi connectivity index (χ3n) is 5.06. The van der Waals surface area contributed by atoms with E-state index < -0.39 is 12.0 Å². The predicted octanol–water partition coefficient (Wildman–Crippen LogP) is 4.49. The summed E-state index contributed by atoms with van der Waals surface area (Å²) in [5.41, 5.74) is 1.86. The lowest BCUT2D eigenvalue weighted by atomic mass is 9.90. The van der Waals surface area contributed by atoms with Gasteiger partial charge < -0.3 is 14.6 Å². The van der Waals surface area contributed by atoms with Gasteiger partial charge in [-0.15, -0.1) is 0 Å². The summed E-state index contributed by atoms with van der Waals surface area (Å²) in [4.78, 5) is 14.1. The number of halogens is 1. The maximum atomic E-state index is 12.0. The number of likely N-dealkylation sites (tertiary alicyclic amines) is 1. The number of carbonyl (C=O) groups is 1. The maximum Gasteiger partial charge on any atom is 0.320 e. The largest absolute Gasteiger partial charge is 0.496 e. The smallest absolute Gasteiger partial charge is 0.320 e. The molecule has 27 heavy (non-hydrogen) atoms. The number of rotatable bonds is 6. The Kier molecular flexibility index (Phi) is 6.39. The molecule has 0 aliphatic carbocycles. The molecule has 1 heterocycles. The van der Waals surface area contributed by atoms with Gasteiger partial charge in [0.15, 0.2) is 0 Å². The summed E-state index contributed by atoms with van der Waals surface area (Å²) in [6.07, 6.45) is 2.52. The number of piperidine rings is 1. The van der Waals surface area contributed by atoms with Gasteiger partial charge in [0.2, 0.25) is 0 Å². The fourth-order valence-electron chi connectivity index (χ4n) is 3.88. The normalized spacial score (nSPS) is 18.7. The van der Waals surface area contributed by atoms with Crippen molar-refractivity contribution in [3.63, 3.8) is 0 Å². The SMILES string of the molecule is COc1cccc(OC)c1C(c1cccc(Br)c1)N1CCCCC1C(=O)O. The van der Waals surface area contributed by atoms with Gasteiger partial charge in [-0.2, -0.15) is 0 Å². The van der Waals surface area contributed by atoms with Gasteiger partial charge in [-0.3, -0.25) is 9.69 Å². The highest BCUT2D eigenvalue weighted by molar-refractivity contribution is 9.10. The summed E-state index contributed by atoms with van der Waals surface area (Å²) in [6, 6.07) is 12.8. The molecule has 3 rings (SSSR count). The monoisotopic (exact) mass is 433 g/mol. The Morgan fingerprint density at radius 1 is 1.15 bits per heavy atom. The lowest BCUT2D eigenvalue weighted by Gasteiger charge is -2.40. The number of carboxylic acids is 1. The number of nitrogens with zero attached hydrogens (tertiary/aromatic N) is 1. The van der Waals surface area contributed by atoms with Crippen LogP contribution in [0.2, 0.25) is 0 Å². The first kappa shape index (κ1) is 19.7. The maximum absolute atomic E-state index is 12.0.